The van der Waals surface area contributed by atoms with Crippen LogP contribution in [0.1, 0.15) is 99.8 Å². The van der Waals surface area contributed by atoms with Gasteiger partial charge in [0.2, 0.25) is 0 Å². The molecule has 0 saturated heterocycles. The van der Waals surface area contributed by atoms with Gasteiger partial charge < -0.3 is 0 Å². The number of hydrogen-bond donors (Lipinski definition) is 0. The summed E-state index contributed by atoms with van der Waals surface area (Å²) in [5, 5.41) is 2.81. The van der Waals surface area contributed by atoms with E-state index in [2.05, 4.69) is 115 Å². The molecule has 0 unspecified atom stereocenters. The summed E-state index contributed by atoms with van der Waals surface area (Å²) in [7, 11) is -2.42. The molecule has 0 heterocycles. The SMILES string of the molecule is CCC[CH2][Sn]([CH2]C=C(C)CCCO[Si](c1ccccc1)(c1ccccc1)C(C)(C)C)([CH2]CCC)[CH2]CCC. The third kappa shape index (κ3) is 9.66. The van der Waals surface area contributed by atoms with Crippen LogP contribution in [0.25, 0.3) is 0 Å². The average molecular weight is 642 g/mol. The molecule has 0 saturated carbocycles. The van der Waals surface area contributed by atoms with Crippen molar-refractivity contribution in [2.24, 2.45) is 0 Å². The number of hydrogen-bond acceptors (Lipinski definition) is 1. The van der Waals surface area contributed by atoms with Gasteiger partial charge in [-0.15, -0.1) is 0 Å². The predicted octanol–water partition coefficient (Wildman–Crippen LogP) is 10.1. The van der Waals surface area contributed by atoms with Crippen LogP contribution in [0.5, 0.6) is 0 Å². The van der Waals surface area contributed by atoms with Gasteiger partial charge in [0, 0.05) is 0 Å². The average Bonchev–Trinajstić information content (AvgIpc) is 2.92. The van der Waals surface area contributed by atoms with Gasteiger partial charge in [-0.3, -0.25) is 0 Å². The van der Waals surface area contributed by atoms with Crippen molar-refractivity contribution in [3.63, 3.8) is 0 Å². The Labute approximate surface area is 241 Å². The van der Waals surface area contributed by atoms with Crippen LogP contribution >= 0.6 is 0 Å². The van der Waals surface area contributed by atoms with Crippen LogP contribution in [-0.2, 0) is 4.43 Å². The van der Waals surface area contributed by atoms with Crippen molar-refractivity contribution >= 4 is 37.1 Å². The summed E-state index contributed by atoms with van der Waals surface area (Å²) in [4.78, 5) is 0. The Morgan fingerprint density at radius 3 is 1.58 bits per heavy atom. The molecule has 38 heavy (non-hydrogen) atoms. The van der Waals surface area contributed by atoms with Gasteiger partial charge in [-0.2, -0.15) is 0 Å². The zero-order chi connectivity index (χ0) is 27.9. The summed E-state index contributed by atoms with van der Waals surface area (Å²) in [6.07, 6.45) is 13.4. The van der Waals surface area contributed by atoms with Crippen LogP contribution in [0, 0.1) is 0 Å². The minimum absolute atomic E-state index is 0.0481. The second kappa shape index (κ2) is 17.1. The van der Waals surface area contributed by atoms with E-state index in [-0.39, 0.29) is 5.04 Å². The third-order valence-electron chi connectivity index (χ3n) is 8.52. The van der Waals surface area contributed by atoms with E-state index in [0.717, 1.165) is 19.4 Å². The maximum atomic E-state index is 7.15. The number of allylic oxidation sites excluding steroid dienone is 2. The standard InChI is InChI=1S/C23H31OSi.3C4H9.Sn/c1-6-20(2)14-13-19-24-25(23(3,4)5,21-15-9-7-10-16-21)22-17-11-8-12-18-22;3*1-3-4-2;/h6-12,15-18H,1,13-14,19H2,2-5H3;3*1,3-4H2,2H3;. The van der Waals surface area contributed by atoms with E-state index < -0.39 is 26.7 Å². The number of unbranched alkanes of at least 4 members (excludes halogenated alkanes) is 3. The van der Waals surface area contributed by atoms with E-state index in [1.54, 1.807) is 18.9 Å². The van der Waals surface area contributed by atoms with E-state index in [9.17, 15) is 0 Å². The van der Waals surface area contributed by atoms with Gasteiger partial charge in [0.15, 0.2) is 0 Å². The molecule has 2 rings (SSSR count). The topological polar surface area (TPSA) is 9.23 Å². The molecule has 0 atom stereocenters. The van der Waals surface area contributed by atoms with E-state index in [1.165, 1.54) is 53.3 Å². The Hall–Kier alpha value is -0.844. The van der Waals surface area contributed by atoms with Crippen LogP contribution in [0.2, 0.25) is 22.8 Å². The fourth-order valence-electron chi connectivity index (χ4n) is 6.17. The molecule has 212 valence electrons. The van der Waals surface area contributed by atoms with Crippen LogP contribution in [0.3, 0.4) is 0 Å². The van der Waals surface area contributed by atoms with Gasteiger partial charge in [0.05, 0.1) is 0 Å². The molecule has 0 aliphatic carbocycles. The van der Waals surface area contributed by atoms with Crippen LogP contribution < -0.4 is 10.4 Å². The summed E-state index contributed by atoms with van der Waals surface area (Å²) in [5.41, 5.74) is 1.60. The zero-order valence-corrected chi connectivity index (χ0v) is 29.8. The molecule has 0 spiro atoms. The molecule has 0 aromatic heterocycles. The summed E-state index contributed by atoms with van der Waals surface area (Å²) in [5.74, 6) is 0. The fourth-order valence-corrected chi connectivity index (χ4v) is 26.3. The van der Waals surface area contributed by atoms with E-state index in [0.29, 0.717) is 0 Å². The normalized spacial score (nSPS) is 13.2. The molecule has 0 N–H and O–H groups in total. The summed E-state index contributed by atoms with van der Waals surface area (Å²) in [6, 6.07) is 22.1. The molecular weight excluding hydrogens is 583 g/mol. The van der Waals surface area contributed by atoms with Crippen molar-refractivity contribution < 1.29 is 4.43 Å². The van der Waals surface area contributed by atoms with Crippen LogP contribution in [-0.4, -0.2) is 33.3 Å². The van der Waals surface area contributed by atoms with Crippen molar-refractivity contribution in [2.75, 3.05) is 6.61 Å². The van der Waals surface area contributed by atoms with Crippen LogP contribution in [0.4, 0.5) is 0 Å². The molecule has 0 aliphatic rings. The molecule has 2 aromatic carbocycles. The molecule has 0 radical (unpaired) electrons. The van der Waals surface area contributed by atoms with E-state index in [4.69, 9.17) is 4.43 Å². The summed E-state index contributed by atoms with van der Waals surface area (Å²) in [6.45, 7) is 17.5. The maximum absolute atomic E-state index is 7.15. The molecule has 1 nitrogen and oxygen atoms in total. The zero-order valence-electron chi connectivity index (χ0n) is 26.0. The predicted molar refractivity (Wildman–Crippen MR) is 176 cm³/mol. The van der Waals surface area contributed by atoms with E-state index in [1.807, 2.05) is 0 Å². The van der Waals surface area contributed by atoms with Gasteiger partial charge in [-0.05, 0) is 0 Å². The van der Waals surface area contributed by atoms with Crippen molar-refractivity contribution in [1.82, 2.24) is 0 Å². The Morgan fingerprint density at radius 2 is 1.18 bits per heavy atom. The second-order valence-corrected chi connectivity index (χ2v) is 31.0. The molecule has 0 bridgehead atoms. The second-order valence-electron chi connectivity index (χ2n) is 12.7. The third-order valence-corrected chi connectivity index (χ3v) is 28.7. The molecule has 2 aromatic rings. The van der Waals surface area contributed by atoms with Gasteiger partial charge in [0.1, 0.15) is 0 Å². The minimum atomic E-state index is -2.42. The van der Waals surface area contributed by atoms with Gasteiger partial charge in [0.25, 0.3) is 0 Å². The quantitative estimate of drug-likeness (QED) is 0.0895. The Balaban J connectivity index is 2.15. The first-order chi connectivity index (χ1) is 18.2. The Bertz CT molecular complexity index is 855. The first-order valence-corrected chi connectivity index (χ1v) is 25.6. The van der Waals surface area contributed by atoms with E-state index >= 15 is 0 Å². The fraction of sp³-hybridized carbons (Fsp3) is 0.600. The summed E-state index contributed by atoms with van der Waals surface area (Å²) < 4.78 is 13.4. The molecular formula is C35H58OSiSn. The van der Waals surface area contributed by atoms with Crippen molar-refractivity contribution in [1.29, 1.82) is 0 Å². The van der Waals surface area contributed by atoms with Crippen LogP contribution in [0.15, 0.2) is 72.3 Å². The molecule has 0 fully saturated rings. The summed E-state index contributed by atoms with van der Waals surface area (Å²) >= 11 is -2.09. The first-order valence-electron chi connectivity index (χ1n) is 15.7. The first kappa shape index (κ1) is 33.4. The molecule has 0 amide bonds. The Kier molecular flexibility index (Phi) is 15.0. The van der Waals surface area contributed by atoms with Gasteiger partial charge in [-0.25, -0.2) is 0 Å². The monoisotopic (exact) mass is 642 g/mol. The van der Waals surface area contributed by atoms with Crippen molar-refractivity contribution in [3.8, 4) is 0 Å². The number of rotatable bonds is 18. The number of benzene rings is 2. The molecule has 3 heteroatoms. The van der Waals surface area contributed by atoms with Gasteiger partial charge >= 0.3 is 243 Å². The van der Waals surface area contributed by atoms with Crippen molar-refractivity contribution in [3.05, 3.63) is 72.3 Å². The van der Waals surface area contributed by atoms with Crippen molar-refractivity contribution in [2.45, 2.75) is 123 Å². The Morgan fingerprint density at radius 1 is 0.737 bits per heavy atom. The van der Waals surface area contributed by atoms with Gasteiger partial charge in [-0.1, -0.05) is 0 Å². The molecule has 0 aliphatic heterocycles.